The van der Waals surface area contributed by atoms with Gasteiger partial charge in [0.25, 0.3) is 5.91 Å². The van der Waals surface area contributed by atoms with Crippen LogP contribution in [0.1, 0.15) is 16.1 Å². The molecule has 0 bridgehead atoms. The molecule has 0 atom stereocenters. The third-order valence-electron chi connectivity index (χ3n) is 4.11. The van der Waals surface area contributed by atoms with E-state index in [9.17, 15) is 9.59 Å². The van der Waals surface area contributed by atoms with Crippen LogP contribution in [0.4, 0.5) is 11.4 Å². The summed E-state index contributed by atoms with van der Waals surface area (Å²) in [5.74, 6) is -0.284. The fourth-order valence-electron chi connectivity index (χ4n) is 2.93. The first-order valence-corrected chi connectivity index (χ1v) is 8.23. The van der Waals surface area contributed by atoms with Crippen molar-refractivity contribution < 1.29 is 14.0 Å². The average molecular weight is 385 g/mol. The third-order valence-corrected chi connectivity index (χ3v) is 4.60. The molecule has 0 aliphatic carbocycles. The van der Waals surface area contributed by atoms with E-state index in [0.717, 1.165) is 15.4 Å². The Hall–Kier alpha value is -2.60. The summed E-state index contributed by atoms with van der Waals surface area (Å²) >= 11 is 3.43. The van der Waals surface area contributed by atoms with Gasteiger partial charge in [0, 0.05) is 15.4 Å². The van der Waals surface area contributed by atoms with Gasteiger partial charge in [-0.05, 0) is 37.3 Å². The van der Waals surface area contributed by atoms with Gasteiger partial charge in [0.15, 0.2) is 5.76 Å². The van der Waals surface area contributed by atoms with Gasteiger partial charge in [0.05, 0.1) is 11.4 Å². The molecule has 24 heavy (non-hydrogen) atoms. The second-order valence-corrected chi connectivity index (χ2v) is 6.57. The van der Waals surface area contributed by atoms with Crippen molar-refractivity contribution in [3.8, 4) is 0 Å². The highest BCUT2D eigenvalue weighted by molar-refractivity contribution is 9.10. The molecule has 1 aromatic heterocycles. The first-order valence-electron chi connectivity index (χ1n) is 7.44. The van der Waals surface area contributed by atoms with E-state index in [-0.39, 0.29) is 24.1 Å². The van der Waals surface area contributed by atoms with Crippen LogP contribution in [0.2, 0.25) is 0 Å². The second kappa shape index (κ2) is 5.49. The molecule has 0 fully saturated rings. The van der Waals surface area contributed by atoms with Crippen LogP contribution < -0.4 is 10.2 Å². The van der Waals surface area contributed by atoms with Crippen molar-refractivity contribution in [1.82, 2.24) is 0 Å². The second-order valence-electron chi connectivity index (χ2n) is 5.65. The number of furan rings is 1. The molecule has 4 rings (SSSR count). The number of carbonyl (C=O) groups excluding carboxylic acids is 2. The summed E-state index contributed by atoms with van der Waals surface area (Å²) in [5.41, 5.74) is 2.70. The van der Waals surface area contributed by atoms with Gasteiger partial charge in [-0.2, -0.15) is 0 Å². The molecule has 5 nitrogen and oxygen atoms in total. The SMILES string of the molecule is Cc1c(C(=O)N2CC(=O)Nc3ccccc32)oc2ccc(Br)cc12. The van der Waals surface area contributed by atoms with Crippen LogP contribution in [-0.4, -0.2) is 18.4 Å². The smallest absolute Gasteiger partial charge is 0.294 e. The molecule has 2 heterocycles. The summed E-state index contributed by atoms with van der Waals surface area (Å²) in [4.78, 5) is 26.4. The van der Waals surface area contributed by atoms with Gasteiger partial charge in [-0.25, -0.2) is 0 Å². The Balaban J connectivity index is 1.82. The highest BCUT2D eigenvalue weighted by Crippen LogP contribution is 2.33. The first-order chi connectivity index (χ1) is 11.5. The Morgan fingerprint density at radius 3 is 2.88 bits per heavy atom. The fourth-order valence-corrected chi connectivity index (χ4v) is 3.30. The number of halogens is 1. The number of anilines is 2. The summed E-state index contributed by atoms with van der Waals surface area (Å²) in [7, 11) is 0. The fraction of sp³-hybridized carbons (Fsp3) is 0.111. The van der Waals surface area contributed by atoms with Crippen LogP contribution in [0.15, 0.2) is 51.4 Å². The average Bonchev–Trinajstić information content (AvgIpc) is 2.90. The van der Waals surface area contributed by atoms with Crippen LogP contribution >= 0.6 is 15.9 Å². The van der Waals surface area contributed by atoms with Crippen molar-refractivity contribution >= 4 is 50.1 Å². The van der Waals surface area contributed by atoms with Gasteiger partial charge in [0.1, 0.15) is 12.1 Å². The zero-order valence-corrected chi connectivity index (χ0v) is 14.4. The van der Waals surface area contributed by atoms with E-state index in [1.807, 2.05) is 37.3 Å². The molecule has 0 saturated carbocycles. The Kier molecular flexibility index (Phi) is 3.42. The highest BCUT2D eigenvalue weighted by Gasteiger charge is 2.30. The van der Waals surface area contributed by atoms with Crippen LogP contribution in [0.3, 0.4) is 0 Å². The molecule has 0 saturated heterocycles. The number of carbonyl (C=O) groups is 2. The number of benzene rings is 2. The zero-order valence-electron chi connectivity index (χ0n) is 12.8. The molecule has 6 heteroatoms. The summed E-state index contributed by atoms with van der Waals surface area (Å²) in [6.45, 7) is 1.82. The van der Waals surface area contributed by atoms with Crippen LogP contribution in [0.25, 0.3) is 11.0 Å². The van der Waals surface area contributed by atoms with Gasteiger partial charge in [-0.15, -0.1) is 0 Å². The number of hydrogen-bond donors (Lipinski definition) is 1. The Morgan fingerprint density at radius 2 is 2.04 bits per heavy atom. The van der Waals surface area contributed by atoms with E-state index in [0.29, 0.717) is 17.0 Å². The number of aryl methyl sites for hydroxylation is 1. The molecule has 0 spiro atoms. The third kappa shape index (κ3) is 2.30. The maximum atomic E-state index is 13.0. The number of para-hydroxylation sites is 2. The molecule has 0 unspecified atom stereocenters. The molecule has 0 radical (unpaired) electrons. The Labute approximate surface area is 146 Å². The molecule has 120 valence electrons. The number of amides is 2. The maximum Gasteiger partial charge on any atom is 0.294 e. The molecule has 2 amide bonds. The van der Waals surface area contributed by atoms with Gasteiger partial charge in [-0.1, -0.05) is 28.1 Å². The number of nitrogens with one attached hydrogen (secondary N) is 1. The van der Waals surface area contributed by atoms with Crippen molar-refractivity contribution in [3.63, 3.8) is 0 Å². The lowest BCUT2D eigenvalue weighted by Gasteiger charge is -2.28. The van der Waals surface area contributed by atoms with E-state index < -0.39 is 0 Å². The minimum atomic E-state index is -0.317. The van der Waals surface area contributed by atoms with Gasteiger partial charge in [0.2, 0.25) is 5.91 Å². The van der Waals surface area contributed by atoms with Gasteiger partial charge in [-0.3, -0.25) is 14.5 Å². The van der Waals surface area contributed by atoms with Crippen molar-refractivity contribution in [3.05, 3.63) is 58.3 Å². The van der Waals surface area contributed by atoms with Crippen LogP contribution in [0, 0.1) is 6.92 Å². The Bertz CT molecular complexity index is 993. The normalized spacial score (nSPS) is 13.8. The first kappa shape index (κ1) is 15.0. The number of nitrogens with zero attached hydrogens (tertiary/aromatic N) is 1. The molecule has 3 aromatic rings. The monoisotopic (exact) mass is 384 g/mol. The van der Waals surface area contributed by atoms with Gasteiger partial charge < -0.3 is 9.73 Å². The van der Waals surface area contributed by atoms with E-state index in [4.69, 9.17) is 4.42 Å². The van der Waals surface area contributed by atoms with Gasteiger partial charge >= 0.3 is 0 Å². The summed E-state index contributed by atoms with van der Waals surface area (Å²) < 4.78 is 6.69. The molecule has 1 N–H and O–H groups in total. The summed E-state index contributed by atoms with van der Waals surface area (Å²) in [6.07, 6.45) is 0. The predicted molar refractivity (Wildman–Crippen MR) is 95.4 cm³/mol. The maximum absolute atomic E-state index is 13.0. The predicted octanol–water partition coefficient (Wildman–Crippen LogP) is 4.10. The summed E-state index contributed by atoms with van der Waals surface area (Å²) in [6, 6.07) is 12.8. The number of fused-ring (bicyclic) bond motifs is 2. The number of rotatable bonds is 1. The van der Waals surface area contributed by atoms with E-state index in [2.05, 4.69) is 21.2 Å². The molecule has 2 aromatic carbocycles. The standard InChI is InChI=1S/C18H13BrN2O3/c1-10-12-8-11(19)6-7-15(12)24-17(10)18(23)21-9-16(22)20-13-4-2-3-5-14(13)21/h2-8H,9H2,1H3,(H,20,22). The lowest BCUT2D eigenvalue weighted by Crippen LogP contribution is -2.42. The van der Waals surface area contributed by atoms with Crippen LogP contribution in [0.5, 0.6) is 0 Å². The quantitative estimate of drug-likeness (QED) is 0.686. The molecule has 1 aliphatic heterocycles. The van der Waals surface area contributed by atoms with Crippen molar-refractivity contribution in [1.29, 1.82) is 0 Å². The van der Waals surface area contributed by atoms with Crippen molar-refractivity contribution in [2.45, 2.75) is 6.92 Å². The summed E-state index contributed by atoms with van der Waals surface area (Å²) in [5, 5.41) is 3.65. The lowest BCUT2D eigenvalue weighted by molar-refractivity contribution is -0.115. The zero-order chi connectivity index (χ0) is 16.8. The van der Waals surface area contributed by atoms with Crippen LogP contribution in [-0.2, 0) is 4.79 Å². The van der Waals surface area contributed by atoms with Crippen molar-refractivity contribution in [2.75, 3.05) is 16.8 Å². The number of hydrogen-bond acceptors (Lipinski definition) is 3. The molecular weight excluding hydrogens is 372 g/mol. The van der Waals surface area contributed by atoms with Crippen molar-refractivity contribution in [2.24, 2.45) is 0 Å². The minimum absolute atomic E-state index is 0.0317. The highest BCUT2D eigenvalue weighted by atomic mass is 79.9. The van der Waals surface area contributed by atoms with E-state index >= 15 is 0 Å². The molecular formula is C18H13BrN2O3. The minimum Gasteiger partial charge on any atom is -0.451 e. The van der Waals surface area contributed by atoms with E-state index in [1.165, 1.54) is 4.90 Å². The Morgan fingerprint density at radius 1 is 1.25 bits per heavy atom. The largest absolute Gasteiger partial charge is 0.451 e. The van der Waals surface area contributed by atoms with E-state index in [1.54, 1.807) is 12.1 Å². The lowest BCUT2D eigenvalue weighted by atomic mass is 10.1. The molecule has 1 aliphatic rings. The topological polar surface area (TPSA) is 62.6 Å².